The SMILES string of the molecule is COCCNC(=O)c1ccccc1NC(=O)CN(c1cc(OC)ccc1OC)S(=O)(=O)c1ccc(OC)c(OC)c1. The Morgan fingerprint density at radius 1 is 0.805 bits per heavy atom. The molecule has 0 aliphatic rings. The molecule has 0 fully saturated rings. The van der Waals surface area contributed by atoms with Crippen LogP contribution in [0.3, 0.4) is 0 Å². The molecule has 220 valence electrons. The summed E-state index contributed by atoms with van der Waals surface area (Å²) < 4.78 is 55.2. The minimum atomic E-state index is -4.39. The Balaban J connectivity index is 2.04. The first kappa shape index (κ1) is 31.0. The fourth-order valence-corrected chi connectivity index (χ4v) is 5.31. The molecular weight excluding hydrogens is 554 g/mol. The van der Waals surface area contributed by atoms with E-state index in [0.29, 0.717) is 18.1 Å². The summed E-state index contributed by atoms with van der Waals surface area (Å²) in [5.41, 5.74) is 0.459. The van der Waals surface area contributed by atoms with Crippen molar-refractivity contribution in [1.82, 2.24) is 5.32 Å². The Kier molecular flexibility index (Phi) is 10.8. The smallest absolute Gasteiger partial charge is 0.265 e. The van der Waals surface area contributed by atoms with Crippen molar-refractivity contribution in [3.05, 3.63) is 66.2 Å². The van der Waals surface area contributed by atoms with Crippen LogP contribution in [0.15, 0.2) is 65.6 Å². The molecule has 2 N–H and O–H groups in total. The van der Waals surface area contributed by atoms with Crippen molar-refractivity contribution >= 4 is 33.2 Å². The lowest BCUT2D eigenvalue weighted by Gasteiger charge is -2.26. The molecular formula is C28H33N3O9S. The zero-order valence-electron chi connectivity index (χ0n) is 23.4. The fourth-order valence-electron chi connectivity index (χ4n) is 3.87. The zero-order chi connectivity index (χ0) is 30.0. The fraction of sp³-hybridized carbons (Fsp3) is 0.286. The van der Waals surface area contributed by atoms with Crippen LogP contribution in [0.1, 0.15) is 10.4 Å². The number of hydrogen-bond acceptors (Lipinski definition) is 9. The van der Waals surface area contributed by atoms with Gasteiger partial charge in [0.1, 0.15) is 18.0 Å². The number of ether oxygens (including phenoxy) is 5. The van der Waals surface area contributed by atoms with E-state index in [2.05, 4.69) is 10.6 Å². The molecule has 0 unspecified atom stereocenters. The first-order chi connectivity index (χ1) is 19.7. The number of carbonyl (C=O) groups excluding carboxylic acids is 2. The highest BCUT2D eigenvalue weighted by Gasteiger charge is 2.31. The van der Waals surface area contributed by atoms with Crippen molar-refractivity contribution in [1.29, 1.82) is 0 Å². The van der Waals surface area contributed by atoms with Gasteiger partial charge in [0.05, 0.1) is 56.9 Å². The number of methoxy groups -OCH3 is 5. The number of anilines is 2. The van der Waals surface area contributed by atoms with E-state index in [-0.39, 0.29) is 39.9 Å². The number of hydrogen-bond donors (Lipinski definition) is 2. The lowest BCUT2D eigenvalue weighted by molar-refractivity contribution is -0.114. The molecule has 0 aliphatic carbocycles. The van der Waals surface area contributed by atoms with Gasteiger partial charge in [-0.05, 0) is 36.4 Å². The maximum atomic E-state index is 14.1. The van der Waals surface area contributed by atoms with Crippen LogP contribution >= 0.6 is 0 Å². The molecule has 0 heterocycles. The van der Waals surface area contributed by atoms with Gasteiger partial charge < -0.3 is 34.3 Å². The van der Waals surface area contributed by atoms with Crippen LogP contribution < -0.4 is 33.9 Å². The number of para-hydroxylation sites is 1. The van der Waals surface area contributed by atoms with Gasteiger partial charge in [0.15, 0.2) is 11.5 Å². The van der Waals surface area contributed by atoms with Crippen LogP contribution in [0, 0.1) is 0 Å². The summed E-state index contributed by atoms with van der Waals surface area (Å²) >= 11 is 0. The molecule has 0 bridgehead atoms. The third-order valence-electron chi connectivity index (χ3n) is 5.92. The summed E-state index contributed by atoms with van der Waals surface area (Å²) in [6.45, 7) is -0.0873. The van der Waals surface area contributed by atoms with E-state index in [0.717, 1.165) is 4.31 Å². The van der Waals surface area contributed by atoms with E-state index in [9.17, 15) is 18.0 Å². The summed E-state index contributed by atoms with van der Waals surface area (Å²) in [5.74, 6) is -0.107. The van der Waals surface area contributed by atoms with E-state index in [1.54, 1.807) is 30.3 Å². The largest absolute Gasteiger partial charge is 0.497 e. The van der Waals surface area contributed by atoms with Gasteiger partial charge in [-0.25, -0.2) is 8.42 Å². The van der Waals surface area contributed by atoms with Crippen molar-refractivity contribution in [2.45, 2.75) is 4.90 Å². The van der Waals surface area contributed by atoms with Crippen molar-refractivity contribution in [2.75, 3.05) is 64.9 Å². The maximum absolute atomic E-state index is 14.1. The molecule has 3 rings (SSSR count). The molecule has 12 nitrogen and oxygen atoms in total. The average molecular weight is 588 g/mol. The molecule has 0 radical (unpaired) electrons. The van der Waals surface area contributed by atoms with Crippen LogP contribution in [0.2, 0.25) is 0 Å². The molecule has 2 amide bonds. The van der Waals surface area contributed by atoms with Crippen LogP contribution in [0.25, 0.3) is 0 Å². The number of rotatable bonds is 14. The quantitative estimate of drug-likeness (QED) is 0.272. The van der Waals surface area contributed by atoms with Crippen LogP contribution in [0.5, 0.6) is 23.0 Å². The van der Waals surface area contributed by atoms with Crippen molar-refractivity contribution in [2.24, 2.45) is 0 Å². The summed E-state index contributed by atoms with van der Waals surface area (Å²) in [5, 5.41) is 5.36. The lowest BCUT2D eigenvalue weighted by Crippen LogP contribution is -2.38. The molecule has 0 spiro atoms. The third-order valence-corrected chi connectivity index (χ3v) is 7.68. The highest BCUT2D eigenvalue weighted by atomic mass is 32.2. The maximum Gasteiger partial charge on any atom is 0.265 e. The molecule has 41 heavy (non-hydrogen) atoms. The molecule has 0 saturated carbocycles. The second kappa shape index (κ2) is 14.2. The Labute approximate surface area is 239 Å². The number of benzene rings is 3. The van der Waals surface area contributed by atoms with Gasteiger partial charge in [-0.1, -0.05) is 12.1 Å². The van der Waals surface area contributed by atoms with E-state index in [4.69, 9.17) is 23.7 Å². The van der Waals surface area contributed by atoms with Crippen LogP contribution in [-0.4, -0.2) is 75.5 Å². The monoisotopic (exact) mass is 587 g/mol. The molecule has 0 aliphatic heterocycles. The van der Waals surface area contributed by atoms with Crippen molar-refractivity contribution < 1.29 is 41.7 Å². The van der Waals surface area contributed by atoms with Gasteiger partial charge >= 0.3 is 0 Å². The Morgan fingerprint density at radius 2 is 1.49 bits per heavy atom. The Bertz CT molecular complexity index is 1480. The van der Waals surface area contributed by atoms with Crippen molar-refractivity contribution in [3.8, 4) is 23.0 Å². The molecule has 3 aromatic rings. The molecule has 0 aromatic heterocycles. The van der Waals surface area contributed by atoms with Gasteiger partial charge in [-0.2, -0.15) is 0 Å². The third kappa shape index (κ3) is 7.38. The lowest BCUT2D eigenvalue weighted by atomic mass is 10.1. The van der Waals surface area contributed by atoms with E-state index in [1.807, 2.05) is 0 Å². The van der Waals surface area contributed by atoms with Crippen LogP contribution in [0.4, 0.5) is 11.4 Å². The minimum absolute atomic E-state index is 0.0578. The van der Waals surface area contributed by atoms with Gasteiger partial charge in [-0.15, -0.1) is 0 Å². The predicted octanol–water partition coefficient (Wildman–Crippen LogP) is 2.93. The van der Waals surface area contributed by atoms with Gasteiger partial charge in [0, 0.05) is 25.8 Å². The van der Waals surface area contributed by atoms with Crippen molar-refractivity contribution in [3.63, 3.8) is 0 Å². The van der Waals surface area contributed by atoms with E-state index in [1.165, 1.54) is 65.9 Å². The van der Waals surface area contributed by atoms with Gasteiger partial charge in [0.2, 0.25) is 5.91 Å². The zero-order valence-corrected chi connectivity index (χ0v) is 24.2. The first-order valence-corrected chi connectivity index (χ1v) is 13.8. The molecule has 0 saturated heterocycles. The van der Waals surface area contributed by atoms with Gasteiger partial charge in [0.25, 0.3) is 15.9 Å². The highest BCUT2D eigenvalue weighted by molar-refractivity contribution is 7.92. The summed E-state index contributed by atoms with van der Waals surface area (Å²) in [7, 11) is 2.75. The molecule has 3 aromatic carbocycles. The first-order valence-electron chi connectivity index (χ1n) is 12.3. The Hall–Kier alpha value is -4.49. The normalized spacial score (nSPS) is 10.9. The number of nitrogens with one attached hydrogen (secondary N) is 2. The minimum Gasteiger partial charge on any atom is -0.497 e. The van der Waals surface area contributed by atoms with Gasteiger partial charge in [-0.3, -0.25) is 13.9 Å². The Morgan fingerprint density at radius 3 is 2.15 bits per heavy atom. The number of carbonyl (C=O) groups is 2. The molecule has 13 heteroatoms. The summed E-state index contributed by atoms with van der Waals surface area (Å²) in [4.78, 5) is 25.9. The highest BCUT2D eigenvalue weighted by Crippen LogP contribution is 2.37. The van der Waals surface area contributed by atoms with Crippen LogP contribution in [-0.2, 0) is 19.6 Å². The summed E-state index contributed by atoms with van der Waals surface area (Å²) in [6, 6.07) is 15.0. The molecule has 0 atom stereocenters. The topological polar surface area (TPSA) is 142 Å². The number of sulfonamides is 1. The second-order valence-corrected chi connectivity index (χ2v) is 10.3. The average Bonchev–Trinajstić information content (AvgIpc) is 2.99. The predicted molar refractivity (Wildman–Crippen MR) is 153 cm³/mol. The summed E-state index contributed by atoms with van der Waals surface area (Å²) in [6.07, 6.45) is 0. The second-order valence-electron chi connectivity index (χ2n) is 8.41. The standard InChI is InChI=1S/C28H33N3O9S/c1-36-15-14-29-28(33)21-8-6-7-9-22(21)30-27(32)18-31(23-16-19(37-2)10-12-24(23)38-3)41(34,35)20-11-13-25(39-4)26(17-20)40-5/h6-13,16-17H,14-15,18H2,1-5H3,(H,29,33)(H,30,32). The number of amides is 2. The number of nitrogens with zero attached hydrogens (tertiary/aromatic N) is 1. The van der Waals surface area contributed by atoms with E-state index >= 15 is 0 Å². The van der Waals surface area contributed by atoms with E-state index < -0.39 is 28.4 Å².